The highest BCUT2D eigenvalue weighted by Gasteiger charge is 2.32. The van der Waals surface area contributed by atoms with Gasteiger partial charge in [0.05, 0.1) is 42.2 Å². The van der Waals surface area contributed by atoms with Crippen LogP contribution in [0.25, 0.3) is 22.0 Å². The Morgan fingerprint density at radius 2 is 1.89 bits per heavy atom. The summed E-state index contributed by atoms with van der Waals surface area (Å²) in [4.78, 5) is 9.79. The van der Waals surface area contributed by atoms with E-state index in [1.807, 2.05) is 36.5 Å². The lowest BCUT2D eigenvalue weighted by molar-refractivity contribution is -0.0668. The number of nitriles is 1. The Labute approximate surface area is 207 Å². The lowest BCUT2D eigenvalue weighted by Crippen LogP contribution is -2.53. The average molecular weight is 467 g/mol. The van der Waals surface area contributed by atoms with Crippen molar-refractivity contribution in [3.05, 3.63) is 54.2 Å². The number of rotatable bonds is 4. The Morgan fingerprint density at radius 1 is 1.11 bits per heavy atom. The summed E-state index contributed by atoms with van der Waals surface area (Å²) in [6.07, 6.45) is 9.77. The number of fused-ring (bicyclic) bond motifs is 1. The molecule has 0 spiro atoms. The number of hydrogen-bond donors (Lipinski definition) is 0. The van der Waals surface area contributed by atoms with Crippen LogP contribution >= 0.6 is 0 Å². The van der Waals surface area contributed by atoms with Crippen LogP contribution < -0.4 is 9.64 Å². The van der Waals surface area contributed by atoms with Crippen molar-refractivity contribution in [2.75, 3.05) is 38.2 Å². The normalized spacial score (nSPS) is 21.4. The second kappa shape index (κ2) is 9.96. The highest BCUT2D eigenvalue weighted by Crippen LogP contribution is 2.39. The molecule has 6 nitrogen and oxygen atoms in total. The first-order chi connectivity index (χ1) is 17.1. The summed E-state index contributed by atoms with van der Waals surface area (Å²) in [6.45, 7) is 5.72. The van der Waals surface area contributed by atoms with E-state index in [4.69, 9.17) is 26.1 Å². The van der Waals surface area contributed by atoms with Crippen LogP contribution in [-0.4, -0.2) is 61.4 Å². The minimum absolute atomic E-state index is 0.119. The van der Waals surface area contributed by atoms with Gasteiger partial charge in [0.1, 0.15) is 6.10 Å². The zero-order valence-corrected chi connectivity index (χ0v) is 20.3. The first kappa shape index (κ1) is 23.2. The minimum Gasteiger partial charge on any atom is -0.494 e. The van der Waals surface area contributed by atoms with Crippen LogP contribution in [0.3, 0.4) is 0 Å². The van der Waals surface area contributed by atoms with Crippen molar-refractivity contribution in [3.8, 4) is 35.3 Å². The molecule has 5 rings (SSSR count). The van der Waals surface area contributed by atoms with Crippen LogP contribution in [0.1, 0.15) is 25.3 Å². The standard InChI is InChI=1S/C29H30N4O2/c1-4-24-19-33(18-20(2)35-24)23-12-14-32(15-13-23)27-17-31-28-25(6-5-7-26(28)29(27)34-3)22-10-8-21(16-30)9-11-22/h1,5-11,17,20,23-24H,12-15,18-19H2,2-3H3/t20-,24+/m0/s1. The number of pyridine rings is 1. The molecule has 2 aliphatic heterocycles. The van der Waals surface area contributed by atoms with Crippen molar-refractivity contribution >= 4 is 16.6 Å². The predicted octanol–water partition coefficient (Wildman–Crippen LogP) is 4.47. The van der Waals surface area contributed by atoms with Crippen LogP contribution in [0.15, 0.2) is 48.7 Å². The molecule has 0 unspecified atom stereocenters. The van der Waals surface area contributed by atoms with Gasteiger partial charge < -0.3 is 14.4 Å². The van der Waals surface area contributed by atoms with Gasteiger partial charge in [-0.25, -0.2) is 0 Å². The monoisotopic (exact) mass is 466 g/mol. The van der Waals surface area contributed by atoms with Crippen molar-refractivity contribution < 1.29 is 9.47 Å². The van der Waals surface area contributed by atoms with E-state index in [0.29, 0.717) is 11.6 Å². The van der Waals surface area contributed by atoms with E-state index < -0.39 is 0 Å². The predicted molar refractivity (Wildman–Crippen MR) is 138 cm³/mol. The molecule has 0 aliphatic carbocycles. The molecule has 178 valence electrons. The third-order valence-electron chi connectivity index (χ3n) is 7.15. The Balaban J connectivity index is 1.39. The first-order valence-electron chi connectivity index (χ1n) is 12.2. The number of anilines is 1. The van der Waals surface area contributed by atoms with E-state index in [1.54, 1.807) is 7.11 Å². The van der Waals surface area contributed by atoms with Gasteiger partial charge in [0.2, 0.25) is 0 Å². The Morgan fingerprint density at radius 3 is 2.57 bits per heavy atom. The fourth-order valence-corrected chi connectivity index (χ4v) is 5.43. The van der Waals surface area contributed by atoms with Gasteiger partial charge in [-0.3, -0.25) is 9.88 Å². The Bertz CT molecular complexity index is 1280. The molecule has 35 heavy (non-hydrogen) atoms. The summed E-state index contributed by atoms with van der Waals surface area (Å²) in [5, 5.41) is 10.1. The third-order valence-corrected chi connectivity index (χ3v) is 7.15. The number of hydrogen-bond acceptors (Lipinski definition) is 6. The molecule has 0 saturated carbocycles. The molecular weight excluding hydrogens is 436 g/mol. The quantitative estimate of drug-likeness (QED) is 0.529. The van der Waals surface area contributed by atoms with Gasteiger partial charge in [0.15, 0.2) is 5.75 Å². The molecule has 1 aromatic heterocycles. The number of morpholine rings is 1. The van der Waals surface area contributed by atoms with E-state index in [1.165, 1.54) is 0 Å². The maximum atomic E-state index is 9.12. The fourth-order valence-electron chi connectivity index (χ4n) is 5.43. The molecule has 2 aromatic carbocycles. The van der Waals surface area contributed by atoms with Crippen molar-refractivity contribution in [3.63, 3.8) is 0 Å². The summed E-state index contributed by atoms with van der Waals surface area (Å²) < 4.78 is 11.8. The van der Waals surface area contributed by atoms with Crippen molar-refractivity contribution in [2.24, 2.45) is 0 Å². The Kier molecular flexibility index (Phi) is 6.59. The molecule has 2 saturated heterocycles. The molecule has 0 radical (unpaired) electrons. The molecule has 2 fully saturated rings. The van der Waals surface area contributed by atoms with Gasteiger partial charge in [0, 0.05) is 43.2 Å². The smallest absolute Gasteiger partial charge is 0.153 e. The number of benzene rings is 2. The second-order valence-electron chi connectivity index (χ2n) is 9.34. The maximum absolute atomic E-state index is 9.12. The number of piperidine rings is 1. The van der Waals surface area contributed by atoms with Gasteiger partial charge in [-0.1, -0.05) is 30.2 Å². The number of aromatic nitrogens is 1. The third kappa shape index (κ3) is 4.56. The van der Waals surface area contributed by atoms with Gasteiger partial charge in [-0.15, -0.1) is 6.42 Å². The fraction of sp³-hybridized carbons (Fsp3) is 0.379. The minimum atomic E-state index is -0.119. The SMILES string of the molecule is C#C[C@@H]1CN(C2CCN(c3cnc4c(-c5ccc(C#N)cc5)cccc4c3OC)CC2)C[C@H](C)O1. The van der Waals surface area contributed by atoms with E-state index in [-0.39, 0.29) is 12.2 Å². The van der Waals surface area contributed by atoms with E-state index >= 15 is 0 Å². The zero-order valence-electron chi connectivity index (χ0n) is 20.3. The van der Waals surface area contributed by atoms with Crippen molar-refractivity contribution in [2.45, 2.75) is 38.0 Å². The summed E-state index contributed by atoms with van der Waals surface area (Å²) >= 11 is 0. The molecule has 6 heteroatoms. The van der Waals surface area contributed by atoms with Crippen LogP contribution in [0.2, 0.25) is 0 Å². The van der Waals surface area contributed by atoms with Gasteiger partial charge >= 0.3 is 0 Å². The molecule has 0 amide bonds. The number of para-hydroxylation sites is 1. The number of nitrogens with zero attached hydrogens (tertiary/aromatic N) is 4. The molecule has 2 aliphatic rings. The molecule has 0 bridgehead atoms. The summed E-state index contributed by atoms with van der Waals surface area (Å²) in [5.41, 5.74) is 4.64. The molecule has 2 atom stereocenters. The zero-order chi connectivity index (χ0) is 24.4. The molecule has 0 N–H and O–H groups in total. The average Bonchev–Trinajstić information content (AvgIpc) is 2.91. The van der Waals surface area contributed by atoms with Gasteiger partial charge in [-0.2, -0.15) is 5.26 Å². The highest BCUT2D eigenvalue weighted by atomic mass is 16.5. The van der Waals surface area contributed by atoms with E-state index in [2.05, 4.69) is 40.8 Å². The summed E-state index contributed by atoms with van der Waals surface area (Å²) in [6, 6.07) is 16.5. The first-order valence-corrected chi connectivity index (χ1v) is 12.2. The maximum Gasteiger partial charge on any atom is 0.153 e. The second-order valence-corrected chi connectivity index (χ2v) is 9.34. The van der Waals surface area contributed by atoms with Crippen LogP contribution in [0, 0.1) is 23.7 Å². The van der Waals surface area contributed by atoms with Crippen molar-refractivity contribution in [1.29, 1.82) is 5.26 Å². The molecule has 3 aromatic rings. The molecular formula is C29H30N4O2. The highest BCUT2D eigenvalue weighted by molar-refractivity contribution is 5.99. The van der Waals surface area contributed by atoms with Crippen LogP contribution in [-0.2, 0) is 4.74 Å². The molecule has 3 heterocycles. The number of terminal acetylenes is 1. The number of ether oxygens (including phenoxy) is 2. The van der Waals surface area contributed by atoms with Gasteiger partial charge in [0.25, 0.3) is 0 Å². The Hall–Kier alpha value is -3.58. The largest absolute Gasteiger partial charge is 0.494 e. The summed E-state index contributed by atoms with van der Waals surface area (Å²) in [5.74, 6) is 3.64. The topological polar surface area (TPSA) is 61.6 Å². The summed E-state index contributed by atoms with van der Waals surface area (Å²) in [7, 11) is 1.73. The lowest BCUT2D eigenvalue weighted by Gasteiger charge is -2.43. The number of methoxy groups -OCH3 is 1. The van der Waals surface area contributed by atoms with E-state index in [0.717, 1.165) is 72.5 Å². The van der Waals surface area contributed by atoms with Crippen LogP contribution in [0.5, 0.6) is 5.75 Å². The van der Waals surface area contributed by atoms with Gasteiger partial charge in [-0.05, 0) is 43.5 Å². The van der Waals surface area contributed by atoms with Crippen molar-refractivity contribution in [1.82, 2.24) is 9.88 Å². The van der Waals surface area contributed by atoms with Crippen LogP contribution in [0.4, 0.5) is 5.69 Å². The lowest BCUT2D eigenvalue weighted by atomic mass is 9.99. The van der Waals surface area contributed by atoms with E-state index in [9.17, 15) is 0 Å².